The van der Waals surface area contributed by atoms with Gasteiger partial charge in [-0.25, -0.2) is 4.79 Å². The second kappa shape index (κ2) is 7.35. The van der Waals surface area contributed by atoms with Gasteiger partial charge < -0.3 is 9.47 Å². The lowest BCUT2D eigenvalue weighted by Crippen LogP contribution is -2.03. The molecule has 3 heteroatoms. The van der Waals surface area contributed by atoms with Gasteiger partial charge in [-0.3, -0.25) is 0 Å². The molecule has 3 nitrogen and oxygen atoms in total. The van der Waals surface area contributed by atoms with Crippen LogP contribution in [0.4, 0.5) is 0 Å². The molecule has 0 amide bonds. The fourth-order valence-electron chi connectivity index (χ4n) is 3.08. The summed E-state index contributed by atoms with van der Waals surface area (Å²) in [4.78, 5) is 12.6. The van der Waals surface area contributed by atoms with Crippen molar-refractivity contribution in [3.05, 3.63) is 71.3 Å². The van der Waals surface area contributed by atoms with E-state index in [9.17, 15) is 4.79 Å². The van der Waals surface area contributed by atoms with E-state index in [1.807, 2.05) is 54.6 Å². The van der Waals surface area contributed by atoms with E-state index in [1.165, 1.54) is 0 Å². The summed E-state index contributed by atoms with van der Waals surface area (Å²) in [6, 6.07) is 17.6. The highest BCUT2D eigenvalue weighted by atomic mass is 16.5. The third kappa shape index (κ3) is 3.21. The second-order valence-electron chi connectivity index (χ2n) is 5.93. The van der Waals surface area contributed by atoms with Crippen molar-refractivity contribution >= 4 is 11.5 Å². The van der Waals surface area contributed by atoms with Crippen LogP contribution in [0.3, 0.4) is 0 Å². The summed E-state index contributed by atoms with van der Waals surface area (Å²) in [5, 5.41) is 0. The van der Waals surface area contributed by atoms with E-state index in [1.54, 1.807) is 7.11 Å². The van der Waals surface area contributed by atoms with Gasteiger partial charge in [0.15, 0.2) is 0 Å². The summed E-state index contributed by atoms with van der Waals surface area (Å²) in [5.74, 6) is 0.542. The zero-order valence-electron chi connectivity index (χ0n) is 14.1. The molecule has 0 spiro atoms. The molecule has 2 aromatic carbocycles. The van der Waals surface area contributed by atoms with Gasteiger partial charge in [0.2, 0.25) is 0 Å². The number of carbonyl (C=O) groups excluding carboxylic acids is 1. The first-order chi connectivity index (χ1) is 11.7. The van der Waals surface area contributed by atoms with Crippen LogP contribution in [0.5, 0.6) is 5.75 Å². The van der Waals surface area contributed by atoms with Gasteiger partial charge in [0.05, 0.1) is 12.7 Å². The lowest BCUT2D eigenvalue weighted by atomic mass is 9.91. The van der Waals surface area contributed by atoms with Crippen LogP contribution in [-0.2, 0) is 9.53 Å². The van der Waals surface area contributed by atoms with Crippen LogP contribution in [0, 0.1) is 0 Å². The molecular weight excluding hydrogens is 300 g/mol. The lowest BCUT2D eigenvalue weighted by molar-refractivity contribution is -0.138. The summed E-state index contributed by atoms with van der Waals surface area (Å²) in [5.41, 5.74) is 3.71. The average Bonchev–Trinajstić information content (AvgIpc) is 2.97. The molecule has 124 valence electrons. The van der Waals surface area contributed by atoms with E-state index in [0.29, 0.717) is 5.57 Å². The number of esters is 1. The number of methoxy groups -OCH3 is 1. The van der Waals surface area contributed by atoms with Crippen molar-refractivity contribution in [1.82, 2.24) is 0 Å². The predicted molar refractivity (Wildman–Crippen MR) is 94.7 cm³/mol. The van der Waals surface area contributed by atoms with Crippen molar-refractivity contribution in [2.45, 2.75) is 32.3 Å². The Bertz CT molecular complexity index is 729. The van der Waals surface area contributed by atoms with Crippen LogP contribution in [-0.4, -0.2) is 13.1 Å². The van der Waals surface area contributed by atoms with Gasteiger partial charge in [-0.1, -0.05) is 55.8 Å². The molecule has 0 aliphatic carbocycles. The maximum absolute atomic E-state index is 12.6. The normalized spacial score (nSPS) is 17.1. The number of rotatable bonds is 6. The topological polar surface area (TPSA) is 35.5 Å². The zero-order valence-corrected chi connectivity index (χ0v) is 14.1. The highest BCUT2D eigenvalue weighted by molar-refractivity contribution is 6.19. The number of unbranched alkanes of at least 4 members (excludes halogenated alkanes) is 1. The fraction of sp³-hybridized carbons (Fsp3) is 0.286. The van der Waals surface area contributed by atoms with E-state index < -0.39 is 0 Å². The molecule has 1 aliphatic heterocycles. The summed E-state index contributed by atoms with van der Waals surface area (Å²) < 4.78 is 10.9. The molecule has 0 bridgehead atoms. The zero-order chi connectivity index (χ0) is 16.9. The minimum Gasteiger partial charge on any atom is -0.497 e. The number of hydrogen-bond donors (Lipinski definition) is 0. The Labute approximate surface area is 142 Å². The molecule has 0 saturated heterocycles. The highest BCUT2D eigenvalue weighted by Crippen LogP contribution is 2.42. The molecule has 3 rings (SSSR count). The quantitative estimate of drug-likeness (QED) is 0.707. The van der Waals surface area contributed by atoms with Crippen molar-refractivity contribution in [2.24, 2.45) is 0 Å². The van der Waals surface area contributed by atoms with Gasteiger partial charge >= 0.3 is 5.97 Å². The van der Waals surface area contributed by atoms with E-state index in [2.05, 4.69) is 6.92 Å². The fourth-order valence-corrected chi connectivity index (χ4v) is 3.08. The van der Waals surface area contributed by atoms with Gasteiger partial charge in [0, 0.05) is 0 Å². The third-order valence-electron chi connectivity index (χ3n) is 4.35. The van der Waals surface area contributed by atoms with Crippen molar-refractivity contribution in [2.75, 3.05) is 7.11 Å². The van der Waals surface area contributed by atoms with E-state index in [4.69, 9.17) is 9.47 Å². The van der Waals surface area contributed by atoms with Crippen molar-refractivity contribution < 1.29 is 14.3 Å². The Kier molecular flexibility index (Phi) is 4.99. The molecule has 1 atom stereocenters. The smallest absolute Gasteiger partial charge is 0.339 e. The molecule has 0 N–H and O–H groups in total. The Morgan fingerprint density at radius 2 is 1.75 bits per heavy atom. The van der Waals surface area contributed by atoms with Crippen molar-refractivity contribution in [3.63, 3.8) is 0 Å². The minimum atomic E-state index is -0.276. The van der Waals surface area contributed by atoms with Crippen LogP contribution >= 0.6 is 0 Å². The monoisotopic (exact) mass is 322 g/mol. The number of carbonyl (C=O) groups is 1. The van der Waals surface area contributed by atoms with Gasteiger partial charge in [-0.15, -0.1) is 0 Å². The van der Waals surface area contributed by atoms with Crippen molar-refractivity contribution in [1.29, 1.82) is 0 Å². The molecule has 0 radical (unpaired) electrons. The Balaban J connectivity index is 2.04. The summed E-state index contributed by atoms with van der Waals surface area (Å²) in [6.07, 6.45) is 2.70. The van der Waals surface area contributed by atoms with E-state index >= 15 is 0 Å². The van der Waals surface area contributed by atoms with Gasteiger partial charge in [0.1, 0.15) is 11.9 Å². The number of ether oxygens (including phenoxy) is 2. The molecule has 24 heavy (non-hydrogen) atoms. The summed E-state index contributed by atoms with van der Waals surface area (Å²) >= 11 is 0. The van der Waals surface area contributed by atoms with Crippen LogP contribution in [0.1, 0.15) is 43.4 Å². The molecular formula is C21H22O3. The number of benzene rings is 2. The molecule has 0 fully saturated rings. The van der Waals surface area contributed by atoms with Gasteiger partial charge in [-0.05, 0) is 41.7 Å². The molecule has 0 aromatic heterocycles. The number of cyclic esters (lactones) is 1. The molecule has 2 aromatic rings. The summed E-state index contributed by atoms with van der Waals surface area (Å²) in [7, 11) is 1.64. The highest BCUT2D eigenvalue weighted by Gasteiger charge is 2.35. The Morgan fingerprint density at radius 3 is 2.38 bits per heavy atom. The maximum Gasteiger partial charge on any atom is 0.339 e. The van der Waals surface area contributed by atoms with Crippen LogP contribution in [0.15, 0.2) is 60.2 Å². The third-order valence-corrected chi connectivity index (χ3v) is 4.35. The van der Waals surface area contributed by atoms with Crippen molar-refractivity contribution in [3.8, 4) is 5.75 Å². The van der Waals surface area contributed by atoms with Crippen LogP contribution in [0.25, 0.3) is 5.57 Å². The van der Waals surface area contributed by atoms with Gasteiger partial charge in [0.25, 0.3) is 0 Å². The van der Waals surface area contributed by atoms with E-state index in [0.717, 1.165) is 41.7 Å². The first-order valence-electron chi connectivity index (χ1n) is 8.38. The predicted octanol–water partition coefficient (Wildman–Crippen LogP) is 4.94. The summed E-state index contributed by atoms with van der Waals surface area (Å²) in [6.45, 7) is 2.16. The second-order valence-corrected chi connectivity index (χ2v) is 5.93. The lowest BCUT2D eigenvalue weighted by Gasteiger charge is -2.14. The van der Waals surface area contributed by atoms with E-state index in [-0.39, 0.29) is 12.1 Å². The largest absolute Gasteiger partial charge is 0.497 e. The maximum atomic E-state index is 12.6. The molecule has 1 unspecified atom stereocenters. The molecule has 1 aliphatic rings. The standard InChI is InChI=1S/C21H22O3/c1-3-4-10-18-19(15-11-13-17(23-2)14-12-15)21(22)24-20(18)16-8-6-5-7-9-16/h5-9,11-14,20H,3-4,10H2,1-2H3. The first-order valence-corrected chi connectivity index (χ1v) is 8.38. The minimum absolute atomic E-state index is 0.236. The Hall–Kier alpha value is -2.55. The van der Waals surface area contributed by atoms with Crippen LogP contribution in [0.2, 0.25) is 0 Å². The first kappa shape index (κ1) is 16.3. The van der Waals surface area contributed by atoms with Crippen LogP contribution < -0.4 is 4.74 Å². The molecule has 0 saturated carbocycles. The Morgan fingerprint density at radius 1 is 1.04 bits per heavy atom. The SMILES string of the molecule is CCCCC1=C(c2ccc(OC)cc2)C(=O)OC1c1ccccc1. The molecule has 1 heterocycles. The van der Waals surface area contributed by atoms with Gasteiger partial charge in [-0.2, -0.15) is 0 Å². The number of hydrogen-bond acceptors (Lipinski definition) is 3. The average molecular weight is 322 g/mol.